The van der Waals surface area contributed by atoms with Crippen LogP contribution in [0.25, 0.3) is 0 Å². The van der Waals surface area contributed by atoms with Gasteiger partial charge in [-0.2, -0.15) is 0 Å². The van der Waals surface area contributed by atoms with Gasteiger partial charge in [-0.25, -0.2) is 0 Å². The van der Waals surface area contributed by atoms with E-state index >= 15 is 0 Å². The first kappa shape index (κ1) is 18.2. The van der Waals surface area contributed by atoms with Crippen LogP contribution in [0.4, 0.5) is 0 Å². The van der Waals surface area contributed by atoms with Crippen molar-refractivity contribution in [3.63, 3.8) is 0 Å². The Bertz CT molecular complexity index is 389. The number of aliphatic hydroxyl groups excluding tert-OH is 1. The summed E-state index contributed by atoms with van der Waals surface area (Å²) in [7, 11) is 0. The maximum absolute atomic E-state index is 12.0. The fourth-order valence-electron chi connectivity index (χ4n) is 3.50. The maximum Gasteiger partial charge on any atom is 0.222 e. The molecule has 1 unspecified atom stereocenters. The molecule has 2 heterocycles. The number of amides is 2. The van der Waals surface area contributed by atoms with E-state index < -0.39 is 0 Å². The van der Waals surface area contributed by atoms with Gasteiger partial charge in [0.1, 0.15) is 0 Å². The van der Waals surface area contributed by atoms with Crippen LogP contribution in [0.1, 0.15) is 51.4 Å². The van der Waals surface area contributed by atoms with Crippen molar-refractivity contribution < 1.29 is 14.7 Å². The zero-order valence-electron chi connectivity index (χ0n) is 14.1. The minimum Gasteiger partial charge on any atom is -0.395 e. The van der Waals surface area contributed by atoms with Crippen molar-refractivity contribution in [2.45, 2.75) is 57.4 Å². The number of carbonyl (C=O) groups excluding carboxylic acids is 2. The van der Waals surface area contributed by atoms with Gasteiger partial charge in [0.25, 0.3) is 0 Å². The topological polar surface area (TPSA) is 72.9 Å². The molecule has 6 heteroatoms. The summed E-state index contributed by atoms with van der Waals surface area (Å²) in [5, 5.41) is 12.3. The zero-order valence-corrected chi connectivity index (χ0v) is 14.1. The van der Waals surface area contributed by atoms with Crippen molar-refractivity contribution in [2.75, 3.05) is 39.3 Å². The molecule has 0 spiro atoms. The number of hydrogen-bond acceptors (Lipinski definition) is 4. The Balaban J connectivity index is 1.62. The lowest BCUT2D eigenvalue weighted by atomic mass is 10.0. The molecule has 0 aromatic heterocycles. The van der Waals surface area contributed by atoms with Crippen molar-refractivity contribution >= 4 is 11.8 Å². The lowest BCUT2D eigenvalue weighted by Gasteiger charge is -2.34. The van der Waals surface area contributed by atoms with Crippen LogP contribution in [0.15, 0.2) is 0 Å². The lowest BCUT2D eigenvalue weighted by molar-refractivity contribution is -0.131. The van der Waals surface area contributed by atoms with Crippen LogP contribution in [-0.4, -0.2) is 72.1 Å². The van der Waals surface area contributed by atoms with E-state index in [0.717, 1.165) is 45.3 Å². The van der Waals surface area contributed by atoms with Crippen LogP contribution >= 0.6 is 0 Å². The van der Waals surface area contributed by atoms with Crippen LogP contribution in [0.3, 0.4) is 0 Å². The van der Waals surface area contributed by atoms with Gasteiger partial charge in [0.15, 0.2) is 0 Å². The van der Waals surface area contributed by atoms with E-state index in [4.69, 9.17) is 0 Å². The van der Waals surface area contributed by atoms with E-state index in [1.54, 1.807) is 0 Å². The van der Waals surface area contributed by atoms with Gasteiger partial charge in [-0.05, 0) is 32.2 Å². The smallest absolute Gasteiger partial charge is 0.222 e. The molecule has 0 aliphatic carbocycles. The minimum absolute atomic E-state index is 0.0135. The van der Waals surface area contributed by atoms with Gasteiger partial charge in [0.2, 0.25) is 11.8 Å². The van der Waals surface area contributed by atoms with E-state index in [9.17, 15) is 14.7 Å². The van der Waals surface area contributed by atoms with Crippen molar-refractivity contribution in [1.82, 2.24) is 15.1 Å². The molecule has 6 nitrogen and oxygen atoms in total. The Morgan fingerprint density at radius 2 is 1.96 bits per heavy atom. The summed E-state index contributed by atoms with van der Waals surface area (Å²) in [6.07, 6.45) is 7.53. The third-order valence-corrected chi connectivity index (χ3v) is 4.96. The summed E-state index contributed by atoms with van der Waals surface area (Å²) in [6.45, 7) is 3.93. The fraction of sp³-hybridized carbons (Fsp3) is 0.882. The average molecular weight is 325 g/mol. The van der Waals surface area contributed by atoms with Crippen molar-refractivity contribution in [1.29, 1.82) is 0 Å². The molecule has 0 aromatic rings. The molecule has 2 saturated heterocycles. The number of nitrogens with one attached hydrogen (secondary N) is 1. The van der Waals surface area contributed by atoms with Gasteiger partial charge in [-0.1, -0.05) is 12.8 Å². The SMILES string of the molecule is O=C(CCN1CCCCCC1=O)NCCN1CCCCC1CO. The van der Waals surface area contributed by atoms with E-state index in [-0.39, 0.29) is 24.5 Å². The van der Waals surface area contributed by atoms with E-state index in [2.05, 4.69) is 10.2 Å². The molecule has 2 aliphatic heterocycles. The molecule has 2 fully saturated rings. The van der Waals surface area contributed by atoms with E-state index in [0.29, 0.717) is 25.9 Å². The minimum atomic E-state index is 0.0135. The molecule has 0 bridgehead atoms. The fourth-order valence-corrected chi connectivity index (χ4v) is 3.50. The predicted molar refractivity (Wildman–Crippen MR) is 89.0 cm³/mol. The first-order chi connectivity index (χ1) is 11.2. The Labute approximate surface area is 139 Å². The molecule has 2 aliphatic rings. The number of hydrogen-bond donors (Lipinski definition) is 2. The lowest BCUT2D eigenvalue weighted by Crippen LogP contribution is -2.45. The summed E-state index contributed by atoms with van der Waals surface area (Å²) in [6, 6.07) is 0.246. The molecule has 23 heavy (non-hydrogen) atoms. The molecule has 132 valence electrons. The second kappa shape index (κ2) is 9.88. The molecule has 2 amide bonds. The molecule has 0 saturated carbocycles. The normalized spacial score (nSPS) is 23.6. The van der Waals surface area contributed by atoms with Crippen LogP contribution < -0.4 is 5.32 Å². The molecule has 2 rings (SSSR count). The Morgan fingerprint density at radius 1 is 1.13 bits per heavy atom. The third-order valence-electron chi connectivity index (χ3n) is 4.96. The number of piperidine rings is 1. The van der Waals surface area contributed by atoms with Gasteiger partial charge in [-0.3, -0.25) is 14.5 Å². The molecule has 1 atom stereocenters. The monoisotopic (exact) mass is 325 g/mol. The van der Waals surface area contributed by atoms with Gasteiger partial charge in [0.05, 0.1) is 6.61 Å². The van der Waals surface area contributed by atoms with Gasteiger partial charge >= 0.3 is 0 Å². The number of nitrogens with zero attached hydrogens (tertiary/aromatic N) is 2. The maximum atomic E-state index is 12.0. The Kier molecular flexibility index (Phi) is 7.82. The number of carbonyl (C=O) groups is 2. The molecule has 0 aromatic carbocycles. The quantitative estimate of drug-likeness (QED) is 0.724. The zero-order chi connectivity index (χ0) is 16.5. The summed E-state index contributed by atoms with van der Waals surface area (Å²) in [4.78, 5) is 27.9. The average Bonchev–Trinajstić information content (AvgIpc) is 2.77. The van der Waals surface area contributed by atoms with Crippen molar-refractivity contribution in [2.24, 2.45) is 0 Å². The van der Waals surface area contributed by atoms with Gasteiger partial charge < -0.3 is 15.3 Å². The highest BCUT2D eigenvalue weighted by molar-refractivity contribution is 5.79. The van der Waals surface area contributed by atoms with Gasteiger partial charge in [0, 0.05) is 45.1 Å². The summed E-state index contributed by atoms with van der Waals surface area (Å²) >= 11 is 0. The van der Waals surface area contributed by atoms with Crippen molar-refractivity contribution in [3.05, 3.63) is 0 Å². The number of aliphatic hydroxyl groups is 1. The number of rotatable bonds is 7. The molecule has 0 radical (unpaired) electrons. The molecular weight excluding hydrogens is 294 g/mol. The van der Waals surface area contributed by atoms with Crippen LogP contribution in [-0.2, 0) is 9.59 Å². The van der Waals surface area contributed by atoms with Gasteiger partial charge in [-0.15, -0.1) is 0 Å². The predicted octanol–water partition coefficient (Wildman–Crippen LogP) is 0.742. The standard InChI is InChI=1S/C17H31N3O3/c21-14-15-6-3-5-10-19(15)13-9-18-16(22)8-12-20-11-4-1-2-7-17(20)23/h15,21H,1-14H2,(H,18,22). The van der Waals surface area contributed by atoms with Crippen LogP contribution in [0, 0.1) is 0 Å². The highest BCUT2D eigenvalue weighted by Gasteiger charge is 2.21. The van der Waals surface area contributed by atoms with Crippen LogP contribution in [0.2, 0.25) is 0 Å². The first-order valence-electron chi connectivity index (χ1n) is 9.10. The number of likely N-dealkylation sites (tertiary alicyclic amines) is 2. The summed E-state index contributed by atoms with van der Waals surface area (Å²) in [5.41, 5.74) is 0. The highest BCUT2D eigenvalue weighted by atomic mass is 16.3. The van der Waals surface area contributed by atoms with Crippen LogP contribution in [0.5, 0.6) is 0 Å². The molecule has 2 N–H and O–H groups in total. The molecular formula is C17H31N3O3. The highest BCUT2D eigenvalue weighted by Crippen LogP contribution is 2.15. The second-order valence-corrected chi connectivity index (χ2v) is 6.66. The summed E-state index contributed by atoms with van der Waals surface area (Å²) in [5.74, 6) is 0.203. The first-order valence-corrected chi connectivity index (χ1v) is 9.10. The third kappa shape index (κ3) is 6.11. The van der Waals surface area contributed by atoms with E-state index in [1.807, 2.05) is 4.90 Å². The van der Waals surface area contributed by atoms with Crippen molar-refractivity contribution in [3.8, 4) is 0 Å². The summed E-state index contributed by atoms with van der Waals surface area (Å²) < 4.78 is 0. The Morgan fingerprint density at radius 3 is 2.78 bits per heavy atom. The Hall–Kier alpha value is -1.14. The van der Waals surface area contributed by atoms with E-state index in [1.165, 1.54) is 12.8 Å². The second-order valence-electron chi connectivity index (χ2n) is 6.66. The largest absolute Gasteiger partial charge is 0.395 e.